The number of amides is 1. The second kappa shape index (κ2) is 4.06. The molecule has 0 radical (unpaired) electrons. The van der Waals surface area contributed by atoms with Crippen LogP contribution in [-0.2, 0) is 18.4 Å². The van der Waals surface area contributed by atoms with E-state index in [2.05, 4.69) is 9.98 Å². The lowest BCUT2D eigenvalue weighted by atomic mass is 10.5. The van der Waals surface area contributed by atoms with Crippen molar-refractivity contribution >= 4 is 22.8 Å². The minimum Gasteiger partial charge on any atom is -0.347 e. The molecule has 1 aliphatic rings. The first-order chi connectivity index (χ1) is 7.16. The van der Waals surface area contributed by atoms with Crippen molar-refractivity contribution in [3.05, 3.63) is 18.2 Å². The van der Waals surface area contributed by atoms with E-state index >= 15 is 0 Å². The highest BCUT2D eigenvalue weighted by molar-refractivity contribution is 8.14. The lowest BCUT2D eigenvalue weighted by Gasteiger charge is -2.16. The standard InChI is InChI=1S/C9H12N4OS/c1-12-4-3-10-7(12)5-13(2)9-11-8(14)6-15-9/h3-4H,5-6H2,1-2H3. The van der Waals surface area contributed by atoms with E-state index in [0.29, 0.717) is 12.3 Å². The van der Waals surface area contributed by atoms with Gasteiger partial charge < -0.3 is 9.47 Å². The van der Waals surface area contributed by atoms with Crippen LogP contribution in [0.2, 0.25) is 0 Å². The summed E-state index contributed by atoms with van der Waals surface area (Å²) in [5, 5.41) is 0.781. The fraction of sp³-hybridized carbons (Fsp3) is 0.444. The molecule has 1 amide bonds. The molecule has 0 fully saturated rings. The van der Waals surface area contributed by atoms with Crippen molar-refractivity contribution in [3.8, 4) is 0 Å². The SMILES string of the molecule is CN(Cc1nccn1C)C1=NC(=O)CS1. The van der Waals surface area contributed by atoms with Gasteiger partial charge in [0.1, 0.15) is 5.82 Å². The fourth-order valence-electron chi connectivity index (χ4n) is 1.32. The van der Waals surface area contributed by atoms with Crippen LogP contribution in [0.5, 0.6) is 0 Å². The number of hydrogen-bond donors (Lipinski definition) is 0. The molecule has 0 unspecified atom stereocenters. The Bertz CT molecular complexity index is 412. The summed E-state index contributed by atoms with van der Waals surface area (Å²) in [6.45, 7) is 0.669. The maximum atomic E-state index is 11.0. The van der Waals surface area contributed by atoms with Crippen molar-refractivity contribution in [3.63, 3.8) is 0 Å². The minimum absolute atomic E-state index is 0.0540. The maximum Gasteiger partial charge on any atom is 0.258 e. The highest BCUT2D eigenvalue weighted by atomic mass is 32.2. The molecule has 1 aliphatic heterocycles. The topological polar surface area (TPSA) is 50.5 Å². The number of thioether (sulfide) groups is 1. The number of aromatic nitrogens is 2. The monoisotopic (exact) mass is 224 g/mol. The van der Waals surface area contributed by atoms with E-state index in [1.807, 2.05) is 29.8 Å². The first-order valence-electron chi connectivity index (χ1n) is 4.58. The van der Waals surface area contributed by atoms with Gasteiger partial charge in [-0.05, 0) is 0 Å². The van der Waals surface area contributed by atoms with Gasteiger partial charge in [-0.25, -0.2) is 4.98 Å². The van der Waals surface area contributed by atoms with E-state index < -0.39 is 0 Å². The second-order valence-electron chi connectivity index (χ2n) is 3.39. The van der Waals surface area contributed by atoms with Gasteiger partial charge in [-0.3, -0.25) is 4.79 Å². The molecule has 0 spiro atoms. The molecule has 0 atom stereocenters. The van der Waals surface area contributed by atoms with Crippen LogP contribution in [0.4, 0.5) is 0 Å². The van der Waals surface area contributed by atoms with Crippen LogP contribution in [0.1, 0.15) is 5.82 Å². The van der Waals surface area contributed by atoms with Crippen molar-refractivity contribution in [2.45, 2.75) is 6.54 Å². The lowest BCUT2D eigenvalue weighted by molar-refractivity contribution is -0.115. The van der Waals surface area contributed by atoms with Crippen molar-refractivity contribution in [2.24, 2.45) is 12.0 Å². The Morgan fingerprint density at radius 1 is 1.67 bits per heavy atom. The largest absolute Gasteiger partial charge is 0.347 e. The van der Waals surface area contributed by atoms with Gasteiger partial charge >= 0.3 is 0 Å². The zero-order chi connectivity index (χ0) is 10.8. The molecular formula is C9H12N4OS. The molecule has 2 heterocycles. The number of aryl methyl sites for hydroxylation is 1. The van der Waals surface area contributed by atoms with Gasteiger partial charge in [-0.2, -0.15) is 4.99 Å². The van der Waals surface area contributed by atoms with Crippen LogP contribution < -0.4 is 0 Å². The normalized spacial score (nSPS) is 15.6. The number of nitrogens with zero attached hydrogens (tertiary/aromatic N) is 4. The Hall–Kier alpha value is -1.30. The fourth-order valence-corrected chi connectivity index (χ4v) is 2.09. The molecule has 80 valence electrons. The molecule has 6 heteroatoms. The number of hydrogen-bond acceptors (Lipinski definition) is 4. The zero-order valence-electron chi connectivity index (χ0n) is 8.67. The van der Waals surface area contributed by atoms with Gasteiger partial charge in [-0.1, -0.05) is 11.8 Å². The highest BCUT2D eigenvalue weighted by Crippen LogP contribution is 2.16. The Morgan fingerprint density at radius 2 is 2.47 bits per heavy atom. The number of amidine groups is 1. The summed E-state index contributed by atoms with van der Waals surface area (Å²) in [5.41, 5.74) is 0. The van der Waals surface area contributed by atoms with Gasteiger partial charge in [0.2, 0.25) is 0 Å². The predicted molar refractivity (Wildman–Crippen MR) is 59.6 cm³/mol. The number of carbonyl (C=O) groups excluding carboxylic acids is 1. The lowest BCUT2D eigenvalue weighted by Crippen LogP contribution is -2.24. The maximum absolute atomic E-state index is 11.0. The molecule has 1 aromatic heterocycles. The number of aliphatic imine (C=N–C) groups is 1. The Morgan fingerprint density at radius 3 is 3.00 bits per heavy atom. The van der Waals surface area contributed by atoms with Crippen LogP contribution in [-0.4, -0.2) is 38.3 Å². The van der Waals surface area contributed by atoms with E-state index in [1.165, 1.54) is 11.8 Å². The summed E-state index contributed by atoms with van der Waals surface area (Å²) in [5.74, 6) is 1.36. The van der Waals surface area contributed by atoms with Crippen molar-refractivity contribution < 1.29 is 4.79 Å². The third-order valence-electron chi connectivity index (χ3n) is 2.17. The van der Waals surface area contributed by atoms with Gasteiger partial charge in [0.15, 0.2) is 5.17 Å². The molecule has 5 nitrogen and oxygen atoms in total. The molecule has 2 rings (SSSR count). The Balaban J connectivity index is 2.04. The molecule has 0 aromatic carbocycles. The van der Waals surface area contributed by atoms with Crippen LogP contribution in [0.3, 0.4) is 0 Å². The molecule has 0 aliphatic carbocycles. The van der Waals surface area contributed by atoms with Crippen LogP contribution >= 0.6 is 11.8 Å². The Labute approximate surface area is 92.2 Å². The van der Waals surface area contributed by atoms with Crippen molar-refractivity contribution in [1.82, 2.24) is 14.5 Å². The summed E-state index contributed by atoms with van der Waals surface area (Å²) in [6.07, 6.45) is 3.66. The van der Waals surface area contributed by atoms with Gasteiger partial charge in [0.25, 0.3) is 5.91 Å². The first kappa shape index (κ1) is 10.2. The molecule has 0 bridgehead atoms. The van der Waals surface area contributed by atoms with E-state index in [0.717, 1.165) is 11.0 Å². The number of imidazole rings is 1. The van der Waals surface area contributed by atoms with Crippen LogP contribution in [0, 0.1) is 0 Å². The quantitative estimate of drug-likeness (QED) is 0.733. The number of rotatable bonds is 2. The molecule has 0 saturated heterocycles. The number of carbonyl (C=O) groups is 1. The van der Waals surface area contributed by atoms with E-state index in [4.69, 9.17) is 0 Å². The summed E-state index contributed by atoms with van der Waals surface area (Å²) in [7, 11) is 3.87. The average Bonchev–Trinajstić information content (AvgIpc) is 2.77. The van der Waals surface area contributed by atoms with Crippen molar-refractivity contribution in [2.75, 3.05) is 12.8 Å². The summed E-state index contributed by atoms with van der Waals surface area (Å²) in [6, 6.07) is 0. The van der Waals surface area contributed by atoms with Gasteiger partial charge in [0.05, 0.1) is 12.3 Å². The zero-order valence-corrected chi connectivity index (χ0v) is 9.49. The summed E-state index contributed by atoms with van der Waals surface area (Å²) < 4.78 is 1.96. The third kappa shape index (κ3) is 2.20. The second-order valence-corrected chi connectivity index (χ2v) is 4.33. The van der Waals surface area contributed by atoms with Gasteiger partial charge in [-0.15, -0.1) is 0 Å². The molecular weight excluding hydrogens is 212 g/mol. The summed E-state index contributed by atoms with van der Waals surface area (Å²) in [4.78, 5) is 21.1. The first-order valence-corrected chi connectivity index (χ1v) is 5.57. The molecule has 0 N–H and O–H groups in total. The predicted octanol–water partition coefficient (Wildman–Crippen LogP) is 0.481. The van der Waals surface area contributed by atoms with E-state index in [9.17, 15) is 4.79 Å². The highest BCUT2D eigenvalue weighted by Gasteiger charge is 2.19. The minimum atomic E-state index is -0.0540. The van der Waals surface area contributed by atoms with Gasteiger partial charge in [0, 0.05) is 26.5 Å². The van der Waals surface area contributed by atoms with E-state index in [-0.39, 0.29) is 5.91 Å². The van der Waals surface area contributed by atoms with Crippen LogP contribution in [0.15, 0.2) is 17.4 Å². The Kier molecular flexibility index (Phi) is 2.77. The van der Waals surface area contributed by atoms with Crippen molar-refractivity contribution in [1.29, 1.82) is 0 Å². The summed E-state index contributed by atoms with van der Waals surface area (Å²) >= 11 is 1.48. The van der Waals surface area contributed by atoms with Crippen LogP contribution in [0.25, 0.3) is 0 Å². The third-order valence-corrected chi connectivity index (χ3v) is 3.22. The molecule has 1 aromatic rings. The smallest absolute Gasteiger partial charge is 0.258 e. The van der Waals surface area contributed by atoms with E-state index in [1.54, 1.807) is 6.20 Å². The average molecular weight is 224 g/mol. The molecule has 0 saturated carbocycles. The molecule has 15 heavy (non-hydrogen) atoms.